The molecule has 0 N–H and O–H groups in total. The van der Waals surface area contributed by atoms with Gasteiger partial charge in [0, 0.05) is 18.6 Å². The molecule has 0 saturated carbocycles. The summed E-state index contributed by atoms with van der Waals surface area (Å²) in [5.74, 6) is -0.877. The fraction of sp³-hybridized carbons (Fsp3) is 0.636. The van der Waals surface area contributed by atoms with Crippen LogP contribution in [0.1, 0.15) is 36.5 Å². The molecule has 31 heavy (non-hydrogen) atoms. The Morgan fingerprint density at radius 1 is 1.16 bits per heavy atom. The summed E-state index contributed by atoms with van der Waals surface area (Å²) in [7, 11) is -0.637. The minimum atomic E-state index is -1.98. The van der Waals surface area contributed by atoms with Gasteiger partial charge in [-0.2, -0.15) is 0 Å². The zero-order valence-corrected chi connectivity index (χ0v) is 19.9. The van der Waals surface area contributed by atoms with Gasteiger partial charge in [0.25, 0.3) is 0 Å². The Morgan fingerprint density at radius 3 is 2.48 bits per heavy atom. The lowest BCUT2D eigenvalue weighted by Gasteiger charge is -2.41. The standard InChI is InChI=1S/C22H33NO7Si/c1-6-7-13-27-17-14-16(28-21(24)15-11-9-8-10-12-15)18-20(31(3,4)5)19(22(25)26-2)30-23(18)29-17/h8-12,16-20H,6-7,13-14H2,1-5H3/t16-,17-,18-,19+,20-/m0/s1. The van der Waals surface area contributed by atoms with E-state index in [0.717, 1.165) is 12.8 Å². The number of unbranched alkanes of at least 4 members (excludes halogenated alkanes) is 1. The summed E-state index contributed by atoms with van der Waals surface area (Å²) in [6, 6.07) is 8.44. The number of esters is 2. The van der Waals surface area contributed by atoms with E-state index in [4.69, 9.17) is 23.9 Å². The predicted molar refractivity (Wildman–Crippen MR) is 116 cm³/mol. The summed E-state index contributed by atoms with van der Waals surface area (Å²) >= 11 is 0. The van der Waals surface area contributed by atoms with E-state index in [2.05, 4.69) is 26.6 Å². The van der Waals surface area contributed by atoms with Crippen molar-refractivity contribution in [1.82, 2.24) is 5.23 Å². The monoisotopic (exact) mass is 451 g/mol. The zero-order chi connectivity index (χ0) is 22.6. The molecule has 172 valence electrons. The number of methoxy groups -OCH3 is 1. The van der Waals surface area contributed by atoms with Crippen LogP contribution in [0.25, 0.3) is 0 Å². The number of benzene rings is 1. The molecule has 2 saturated heterocycles. The fourth-order valence-electron chi connectivity index (χ4n) is 4.14. The van der Waals surface area contributed by atoms with Crippen molar-refractivity contribution in [3.63, 3.8) is 0 Å². The van der Waals surface area contributed by atoms with E-state index in [0.29, 0.717) is 18.6 Å². The van der Waals surface area contributed by atoms with E-state index in [1.165, 1.54) is 12.3 Å². The molecule has 0 aromatic heterocycles. The minimum absolute atomic E-state index is 0.190. The summed E-state index contributed by atoms with van der Waals surface area (Å²) in [5, 5.41) is 1.33. The van der Waals surface area contributed by atoms with Gasteiger partial charge in [0.2, 0.25) is 0 Å². The van der Waals surface area contributed by atoms with Gasteiger partial charge in [-0.15, -0.1) is 0 Å². The van der Waals surface area contributed by atoms with E-state index in [-0.39, 0.29) is 5.54 Å². The van der Waals surface area contributed by atoms with E-state index in [1.807, 2.05) is 6.07 Å². The second-order valence-electron chi connectivity index (χ2n) is 9.02. The minimum Gasteiger partial charge on any atom is -0.467 e. The molecule has 2 aliphatic rings. The van der Waals surface area contributed by atoms with Crippen LogP contribution in [0.5, 0.6) is 0 Å². The molecule has 9 heteroatoms. The molecule has 0 amide bonds. The Labute approximate surface area is 184 Å². The van der Waals surface area contributed by atoms with Gasteiger partial charge in [-0.1, -0.05) is 56.4 Å². The normalized spacial score (nSPS) is 28.7. The van der Waals surface area contributed by atoms with Crippen molar-refractivity contribution in [2.24, 2.45) is 0 Å². The molecule has 2 aliphatic heterocycles. The van der Waals surface area contributed by atoms with Gasteiger partial charge in [-0.3, -0.25) is 4.84 Å². The van der Waals surface area contributed by atoms with Crippen molar-refractivity contribution in [1.29, 1.82) is 0 Å². The van der Waals surface area contributed by atoms with Crippen LogP contribution in [-0.4, -0.2) is 63.5 Å². The highest BCUT2D eigenvalue weighted by Gasteiger charge is 2.60. The Bertz CT molecular complexity index is 754. The molecule has 0 unspecified atom stereocenters. The maximum atomic E-state index is 12.9. The Hall–Kier alpha value is -1.78. The quantitative estimate of drug-likeness (QED) is 0.337. The lowest BCUT2D eigenvalue weighted by Crippen LogP contribution is -2.55. The molecule has 2 heterocycles. The highest BCUT2D eigenvalue weighted by molar-refractivity contribution is 6.78. The molecular weight excluding hydrogens is 418 g/mol. The zero-order valence-electron chi connectivity index (χ0n) is 18.9. The number of hydrogen-bond acceptors (Lipinski definition) is 8. The van der Waals surface area contributed by atoms with Gasteiger partial charge in [0.15, 0.2) is 12.4 Å². The molecule has 0 radical (unpaired) electrons. The van der Waals surface area contributed by atoms with Gasteiger partial charge in [-0.05, 0) is 18.6 Å². The van der Waals surface area contributed by atoms with Crippen molar-refractivity contribution in [2.45, 2.75) is 75.9 Å². The van der Waals surface area contributed by atoms with Crippen molar-refractivity contribution < 1.29 is 33.5 Å². The fourth-order valence-corrected chi connectivity index (χ4v) is 6.60. The number of hydrogen-bond donors (Lipinski definition) is 0. The largest absolute Gasteiger partial charge is 0.467 e. The number of hydroxylamine groups is 2. The Kier molecular flexibility index (Phi) is 7.87. The first-order chi connectivity index (χ1) is 14.8. The van der Waals surface area contributed by atoms with Gasteiger partial charge in [-0.25, -0.2) is 14.4 Å². The van der Waals surface area contributed by atoms with Crippen LogP contribution in [0.3, 0.4) is 0 Å². The predicted octanol–water partition coefficient (Wildman–Crippen LogP) is 3.56. The van der Waals surface area contributed by atoms with E-state index in [9.17, 15) is 9.59 Å². The third kappa shape index (κ3) is 5.53. The number of rotatable bonds is 8. The topological polar surface area (TPSA) is 83.5 Å². The van der Waals surface area contributed by atoms with Gasteiger partial charge in [0.1, 0.15) is 12.1 Å². The lowest BCUT2D eigenvalue weighted by atomic mass is 10.00. The molecule has 5 atom stereocenters. The van der Waals surface area contributed by atoms with E-state index < -0.39 is 44.6 Å². The number of carbonyl (C=O) groups excluding carboxylic acids is 2. The van der Waals surface area contributed by atoms with Crippen LogP contribution in [0.4, 0.5) is 0 Å². The Balaban J connectivity index is 1.88. The maximum absolute atomic E-state index is 12.9. The molecular formula is C22H33NO7Si. The van der Waals surface area contributed by atoms with E-state index in [1.54, 1.807) is 24.3 Å². The molecule has 2 fully saturated rings. The average molecular weight is 452 g/mol. The van der Waals surface area contributed by atoms with Crippen LogP contribution in [0.2, 0.25) is 25.2 Å². The number of ether oxygens (including phenoxy) is 3. The van der Waals surface area contributed by atoms with E-state index >= 15 is 0 Å². The summed E-state index contributed by atoms with van der Waals surface area (Å²) in [6.07, 6.45) is 0.246. The number of fused-ring (bicyclic) bond motifs is 1. The second kappa shape index (κ2) is 10.2. The van der Waals surface area contributed by atoms with Crippen LogP contribution in [0, 0.1) is 0 Å². The second-order valence-corrected chi connectivity index (χ2v) is 14.4. The van der Waals surface area contributed by atoms with Crippen LogP contribution >= 0.6 is 0 Å². The first kappa shape index (κ1) is 23.9. The number of carbonyl (C=O) groups is 2. The van der Waals surface area contributed by atoms with Crippen molar-refractivity contribution >= 4 is 20.0 Å². The number of nitrogens with zero attached hydrogens (tertiary/aromatic N) is 1. The summed E-state index contributed by atoms with van der Waals surface area (Å²) in [4.78, 5) is 37.2. The van der Waals surface area contributed by atoms with Crippen LogP contribution in [-0.2, 0) is 28.7 Å². The molecule has 0 aliphatic carbocycles. The van der Waals surface area contributed by atoms with Crippen LogP contribution in [0.15, 0.2) is 30.3 Å². The Morgan fingerprint density at radius 2 is 1.87 bits per heavy atom. The smallest absolute Gasteiger partial charge is 0.338 e. The average Bonchev–Trinajstić information content (AvgIpc) is 3.14. The van der Waals surface area contributed by atoms with Crippen LogP contribution < -0.4 is 0 Å². The maximum Gasteiger partial charge on any atom is 0.338 e. The molecule has 0 spiro atoms. The molecule has 0 bridgehead atoms. The summed E-state index contributed by atoms with van der Waals surface area (Å²) in [5.41, 5.74) is 0.280. The first-order valence-corrected chi connectivity index (χ1v) is 14.4. The summed E-state index contributed by atoms with van der Waals surface area (Å²) < 4.78 is 16.8. The molecule has 1 aromatic rings. The first-order valence-electron chi connectivity index (χ1n) is 10.8. The highest BCUT2D eigenvalue weighted by Crippen LogP contribution is 2.46. The van der Waals surface area contributed by atoms with Crippen molar-refractivity contribution in [3.8, 4) is 0 Å². The molecule has 1 aromatic carbocycles. The lowest BCUT2D eigenvalue weighted by molar-refractivity contribution is -0.442. The molecule has 8 nitrogen and oxygen atoms in total. The third-order valence-corrected chi connectivity index (χ3v) is 8.33. The van der Waals surface area contributed by atoms with Crippen molar-refractivity contribution in [2.75, 3.05) is 13.7 Å². The van der Waals surface area contributed by atoms with Gasteiger partial charge >= 0.3 is 11.9 Å². The van der Waals surface area contributed by atoms with Gasteiger partial charge in [0.05, 0.1) is 20.7 Å². The highest BCUT2D eigenvalue weighted by atomic mass is 28.3. The van der Waals surface area contributed by atoms with Crippen molar-refractivity contribution in [3.05, 3.63) is 35.9 Å². The SMILES string of the molecule is CCCCO[C@@H]1C[C@H](OC(=O)c2ccccc2)[C@H]2[C@H]([Si](C)(C)C)[C@H](C(=O)OC)ON2O1. The molecule has 3 rings (SSSR count). The third-order valence-electron chi connectivity index (χ3n) is 5.69. The summed E-state index contributed by atoms with van der Waals surface area (Å²) in [6.45, 7) is 9.06. The van der Waals surface area contributed by atoms with Gasteiger partial charge < -0.3 is 14.2 Å².